The number of carboxylic acid groups (broad SMARTS) is 1. The van der Waals surface area contributed by atoms with Crippen LogP contribution in [0, 0.1) is 5.82 Å². The minimum atomic E-state index is -4.17. The Kier molecular flexibility index (Phi) is 4.82. The predicted octanol–water partition coefficient (Wildman–Crippen LogP) is 1.21. The highest BCUT2D eigenvalue weighted by Crippen LogP contribution is 2.24. The summed E-state index contributed by atoms with van der Waals surface area (Å²) < 4.78 is 40.9. The maximum atomic E-state index is 14.1. The van der Waals surface area contributed by atoms with E-state index >= 15 is 0 Å². The highest BCUT2D eigenvalue weighted by molar-refractivity contribution is 7.89. The zero-order chi connectivity index (χ0) is 15.6. The number of rotatable bonds is 4. The number of piperidine rings is 1. The van der Waals surface area contributed by atoms with Gasteiger partial charge in [0.2, 0.25) is 10.0 Å². The van der Waals surface area contributed by atoms with E-state index in [1.54, 1.807) is 0 Å². The fourth-order valence-corrected chi connectivity index (χ4v) is 3.85. The Morgan fingerprint density at radius 3 is 2.57 bits per heavy atom. The number of sulfonamides is 1. The van der Waals surface area contributed by atoms with Gasteiger partial charge in [-0.2, -0.15) is 0 Å². The SMILES string of the molecule is O=C(O)c1cc(Cl)cc(S(=O)(=O)NC2CCNCC2)c1F. The lowest BCUT2D eigenvalue weighted by Crippen LogP contribution is -2.42. The summed E-state index contributed by atoms with van der Waals surface area (Å²) in [6, 6.07) is 1.47. The van der Waals surface area contributed by atoms with Crippen molar-refractivity contribution >= 4 is 27.6 Å². The fourth-order valence-electron chi connectivity index (χ4n) is 2.14. The molecule has 0 aliphatic carbocycles. The first-order chi connectivity index (χ1) is 9.81. The lowest BCUT2D eigenvalue weighted by molar-refractivity contribution is 0.0691. The van der Waals surface area contributed by atoms with Crippen LogP contribution in [-0.2, 0) is 10.0 Å². The molecule has 9 heteroatoms. The van der Waals surface area contributed by atoms with E-state index in [1.165, 1.54) is 0 Å². The second kappa shape index (κ2) is 6.27. The van der Waals surface area contributed by atoms with Crippen molar-refractivity contribution in [3.63, 3.8) is 0 Å². The summed E-state index contributed by atoms with van der Waals surface area (Å²) in [4.78, 5) is 10.2. The van der Waals surface area contributed by atoms with Crippen molar-refractivity contribution in [1.29, 1.82) is 0 Å². The van der Waals surface area contributed by atoms with Crippen molar-refractivity contribution in [2.24, 2.45) is 0 Å². The molecule has 0 spiro atoms. The van der Waals surface area contributed by atoms with E-state index in [4.69, 9.17) is 16.7 Å². The molecule has 3 N–H and O–H groups in total. The number of benzene rings is 1. The van der Waals surface area contributed by atoms with Crippen LogP contribution in [0.2, 0.25) is 5.02 Å². The van der Waals surface area contributed by atoms with E-state index in [9.17, 15) is 17.6 Å². The molecule has 2 rings (SSSR count). The average Bonchev–Trinajstić information content (AvgIpc) is 2.41. The summed E-state index contributed by atoms with van der Waals surface area (Å²) in [5.41, 5.74) is -0.770. The molecule has 1 aromatic carbocycles. The maximum Gasteiger partial charge on any atom is 0.338 e. The third-order valence-corrected chi connectivity index (χ3v) is 4.92. The summed E-state index contributed by atoms with van der Waals surface area (Å²) in [5, 5.41) is 11.8. The van der Waals surface area contributed by atoms with Crippen LogP contribution in [0.3, 0.4) is 0 Å². The van der Waals surface area contributed by atoms with Gasteiger partial charge in [0, 0.05) is 11.1 Å². The second-order valence-corrected chi connectivity index (χ2v) is 6.84. The van der Waals surface area contributed by atoms with Gasteiger partial charge in [-0.25, -0.2) is 22.3 Å². The third kappa shape index (κ3) is 3.70. The number of aromatic carboxylic acids is 1. The molecule has 0 bridgehead atoms. The minimum Gasteiger partial charge on any atom is -0.478 e. The minimum absolute atomic E-state index is 0.153. The number of nitrogens with one attached hydrogen (secondary N) is 2. The van der Waals surface area contributed by atoms with E-state index < -0.39 is 32.3 Å². The zero-order valence-corrected chi connectivity index (χ0v) is 12.5. The van der Waals surface area contributed by atoms with Gasteiger partial charge in [0.15, 0.2) is 5.82 Å². The molecule has 1 aliphatic heterocycles. The van der Waals surface area contributed by atoms with Gasteiger partial charge in [0.05, 0.1) is 5.56 Å². The highest BCUT2D eigenvalue weighted by Gasteiger charge is 2.28. The zero-order valence-electron chi connectivity index (χ0n) is 10.9. The molecule has 0 aromatic heterocycles. The lowest BCUT2D eigenvalue weighted by atomic mass is 10.1. The molecule has 1 saturated heterocycles. The number of carboxylic acids is 1. The van der Waals surface area contributed by atoms with Crippen molar-refractivity contribution in [2.45, 2.75) is 23.8 Å². The smallest absolute Gasteiger partial charge is 0.338 e. The van der Waals surface area contributed by atoms with Crippen molar-refractivity contribution in [1.82, 2.24) is 10.0 Å². The van der Waals surface area contributed by atoms with Crippen molar-refractivity contribution in [2.75, 3.05) is 13.1 Å². The maximum absolute atomic E-state index is 14.1. The third-order valence-electron chi connectivity index (χ3n) is 3.18. The molecule has 0 radical (unpaired) electrons. The van der Waals surface area contributed by atoms with Gasteiger partial charge >= 0.3 is 5.97 Å². The second-order valence-electron chi connectivity index (χ2n) is 4.72. The summed E-state index contributed by atoms with van der Waals surface area (Å²) in [5.74, 6) is -2.89. The summed E-state index contributed by atoms with van der Waals surface area (Å²) >= 11 is 5.68. The van der Waals surface area contributed by atoms with Gasteiger partial charge in [-0.3, -0.25) is 0 Å². The van der Waals surface area contributed by atoms with Gasteiger partial charge in [0.1, 0.15) is 4.90 Å². The fraction of sp³-hybridized carbons (Fsp3) is 0.417. The Bertz CT molecular complexity index is 659. The van der Waals surface area contributed by atoms with Gasteiger partial charge < -0.3 is 10.4 Å². The van der Waals surface area contributed by atoms with Crippen molar-refractivity contribution in [3.8, 4) is 0 Å². The first-order valence-electron chi connectivity index (χ1n) is 6.26. The normalized spacial score (nSPS) is 16.9. The Labute approximate surface area is 126 Å². The van der Waals surface area contributed by atoms with Crippen LogP contribution in [0.15, 0.2) is 17.0 Å². The molecule has 0 saturated carbocycles. The monoisotopic (exact) mass is 336 g/mol. The first kappa shape index (κ1) is 16.2. The molecule has 0 unspecified atom stereocenters. The average molecular weight is 337 g/mol. The van der Waals surface area contributed by atoms with Gasteiger partial charge in [-0.15, -0.1) is 0 Å². The van der Waals surface area contributed by atoms with Crippen LogP contribution in [0.25, 0.3) is 0 Å². The highest BCUT2D eigenvalue weighted by atomic mass is 35.5. The van der Waals surface area contributed by atoms with Crippen LogP contribution in [-0.4, -0.2) is 38.6 Å². The van der Waals surface area contributed by atoms with Crippen LogP contribution < -0.4 is 10.0 Å². The van der Waals surface area contributed by atoms with Crippen LogP contribution in [0.4, 0.5) is 4.39 Å². The van der Waals surface area contributed by atoms with Crippen molar-refractivity contribution < 1.29 is 22.7 Å². The lowest BCUT2D eigenvalue weighted by Gasteiger charge is -2.23. The van der Waals surface area contributed by atoms with Gasteiger partial charge in [0.25, 0.3) is 0 Å². The molecular formula is C12H14ClFN2O4S. The van der Waals surface area contributed by atoms with Crippen LogP contribution in [0.5, 0.6) is 0 Å². The molecule has 1 aromatic rings. The number of hydrogen-bond acceptors (Lipinski definition) is 4. The molecule has 1 aliphatic rings. The molecule has 1 heterocycles. The quantitative estimate of drug-likeness (QED) is 0.768. The Balaban J connectivity index is 2.37. The molecule has 0 atom stereocenters. The van der Waals surface area contributed by atoms with Gasteiger partial charge in [-0.1, -0.05) is 11.6 Å². The van der Waals surface area contributed by atoms with Crippen LogP contribution in [0.1, 0.15) is 23.2 Å². The molecule has 1 fully saturated rings. The molecule has 0 amide bonds. The molecule has 116 valence electrons. The molecular weight excluding hydrogens is 323 g/mol. The Hall–Kier alpha value is -1.22. The van der Waals surface area contributed by atoms with Gasteiger partial charge in [-0.05, 0) is 38.1 Å². The Morgan fingerprint density at radius 2 is 2.00 bits per heavy atom. The topological polar surface area (TPSA) is 95.5 Å². The largest absolute Gasteiger partial charge is 0.478 e. The number of halogens is 2. The number of hydrogen-bond donors (Lipinski definition) is 3. The van der Waals surface area contributed by atoms with E-state index in [0.29, 0.717) is 25.9 Å². The Morgan fingerprint density at radius 1 is 1.38 bits per heavy atom. The van der Waals surface area contributed by atoms with E-state index in [0.717, 1.165) is 12.1 Å². The summed E-state index contributed by atoms with van der Waals surface area (Å²) in [6.45, 7) is 1.32. The first-order valence-corrected chi connectivity index (χ1v) is 8.13. The summed E-state index contributed by atoms with van der Waals surface area (Å²) in [6.07, 6.45) is 1.15. The molecule has 21 heavy (non-hydrogen) atoms. The number of carbonyl (C=O) groups is 1. The predicted molar refractivity (Wildman–Crippen MR) is 74.6 cm³/mol. The van der Waals surface area contributed by atoms with E-state index in [2.05, 4.69) is 10.0 Å². The van der Waals surface area contributed by atoms with E-state index in [1.807, 2.05) is 0 Å². The van der Waals surface area contributed by atoms with Crippen LogP contribution >= 0.6 is 11.6 Å². The van der Waals surface area contributed by atoms with Crippen molar-refractivity contribution in [3.05, 3.63) is 28.5 Å². The van der Waals surface area contributed by atoms with E-state index in [-0.39, 0.29) is 11.1 Å². The molecule has 6 nitrogen and oxygen atoms in total. The summed E-state index contributed by atoms with van der Waals surface area (Å²) in [7, 11) is -4.17. The standard InChI is InChI=1S/C12H14ClFN2O4S/c13-7-5-9(12(17)18)11(14)10(6-7)21(19,20)16-8-1-3-15-4-2-8/h5-6,8,15-16H,1-4H2,(H,17,18).